The number of primary amides is 1. The van der Waals surface area contributed by atoms with Gasteiger partial charge in [0.25, 0.3) is 0 Å². The molecule has 6 nitrogen and oxygen atoms in total. The molecule has 1 aliphatic rings. The average Bonchev–Trinajstić information content (AvgIpc) is 2.87. The molecule has 21 heavy (non-hydrogen) atoms. The predicted octanol–water partition coefficient (Wildman–Crippen LogP) is 0.944. The lowest BCUT2D eigenvalue weighted by Gasteiger charge is -2.23. The van der Waals surface area contributed by atoms with Crippen LogP contribution < -0.4 is 10.6 Å². The number of anilines is 1. The van der Waals surface area contributed by atoms with Gasteiger partial charge in [-0.05, 0) is 31.0 Å². The van der Waals surface area contributed by atoms with Gasteiger partial charge < -0.3 is 10.5 Å². The van der Waals surface area contributed by atoms with Crippen LogP contribution in [-0.4, -0.2) is 30.9 Å². The number of methoxy groups -OCH3 is 1. The summed E-state index contributed by atoms with van der Waals surface area (Å²) >= 11 is 0. The Balaban J connectivity index is 2.24. The van der Waals surface area contributed by atoms with Gasteiger partial charge in [-0.15, -0.1) is 0 Å². The Labute approximate surface area is 122 Å². The largest absolute Gasteiger partial charge is 0.469 e. The van der Waals surface area contributed by atoms with Crippen molar-refractivity contribution in [3.8, 4) is 0 Å². The van der Waals surface area contributed by atoms with E-state index in [1.54, 1.807) is 31.2 Å². The minimum atomic E-state index is -0.596. The van der Waals surface area contributed by atoms with E-state index >= 15 is 0 Å². The quantitative estimate of drug-likeness (QED) is 0.836. The van der Waals surface area contributed by atoms with Crippen molar-refractivity contribution in [2.75, 3.05) is 12.0 Å². The molecule has 0 bridgehead atoms. The SMILES string of the molecule is COC(=O)C(C)c1ccc(N2C(=O)CCC2C(N)=O)cc1. The Hall–Kier alpha value is -2.37. The molecule has 1 saturated heterocycles. The summed E-state index contributed by atoms with van der Waals surface area (Å²) in [5.41, 5.74) is 6.73. The molecule has 6 heteroatoms. The van der Waals surface area contributed by atoms with Crippen LogP contribution in [0.2, 0.25) is 0 Å². The molecule has 2 N–H and O–H groups in total. The van der Waals surface area contributed by atoms with Crippen molar-refractivity contribution in [1.29, 1.82) is 0 Å². The zero-order valence-electron chi connectivity index (χ0n) is 12.0. The fourth-order valence-electron chi connectivity index (χ4n) is 2.51. The highest BCUT2D eigenvalue weighted by atomic mass is 16.5. The third-order valence-electron chi connectivity index (χ3n) is 3.77. The van der Waals surface area contributed by atoms with E-state index in [-0.39, 0.29) is 17.8 Å². The van der Waals surface area contributed by atoms with Gasteiger partial charge in [0.2, 0.25) is 11.8 Å². The lowest BCUT2D eigenvalue weighted by molar-refractivity contribution is -0.142. The molecule has 1 aliphatic heterocycles. The summed E-state index contributed by atoms with van der Waals surface area (Å²) in [6, 6.07) is 6.34. The zero-order valence-corrected chi connectivity index (χ0v) is 12.0. The average molecular weight is 290 g/mol. The van der Waals surface area contributed by atoms with E-state index in [0.29, 0.717) is 18.5 Å². The molecule has 0 radical (unpaired) electrons. The van der Waals surface area contributed by atoms with E-state index in [2.05, 4.69) is 0 Å². The van der Waals surface area contributed by atoms with Crippen LogP contribution in [-0.2, 0) is 19.1 Å². The fourth-order valence-corrected chi connectivity index (χ4v) is 2.51. The molecule has 0 aromatic heterocycles. The van der Waals surface area contributed by atoms with Crippen molar-refractivity contribution < 1.29 is 19.1 Å². The minimum absolute atomic E-state index is 0.118. The monoisotopic (exact) mass is 290 g/mol. The highest BCUT2D eigenvalue weighted by molar-refractivity contribution is 6.03. The molecule has 0 aliphatic carbocycles. The van der Waals surface area contributed by atoms with Gasteiger partial charge in [0.15, 0.2) is 0 Å². The van der Waals surface area contributed by atoms with Gasteiger partial charge in [0, 0.05) is 12.1 Å². The number of nitrogens with zero attached hydrogens (tertiary/aromatic N) is 1. The van der Waals surface area contributed by atoms with E-state index in [0.717, 1.165) is 5.56 Å². The number of ether oxygens (including phenoxy) is 1. The molecular weight excluding hydrogens is 272 g/mol. The highest BCUT2D eigenvalue weighted by Gasteiger charge is 2.35. The number of rotatable bonds is 4. The number of nitrogens with two attached hydrogens (primary N) is 1. The lowest BCUT2D eigenvalue weighted by atomic mass is 10.0. The molecule has 1 fully saturated rings. The van der Waals surface area contributed by atoms with Crippen LogP contribution >= 0.6 is 0 Å². The van der Waals surface area contributed by atoms with Gasteiger partial charge in [0.05, 0.1) is 13.0 Å². The van der Waals surface area contributed by atoms with Crippen molar-refractivity contribution in [1.82, 2.24) is 0 Å². The van der Waals surface area contributed by atoms with Crippen molar-refractivity contribution >= 4 is 23.5 Å². The lowest BCUT2D eigenvalue weighted by Crippen LogP contribution is -2.42. The molecule has 1 aromatic carbocycles. The Morgan fingerprint density at radius 1 is 1.33 bits per heavy atom. The summed E-state index contributed by atoms with van der Waals surface area (Å²) in [6.07, 6.45) is 0.752. The molecule has 2 atom stereocenters. The van der Waals surface area contributed by atoms with E-state index in [1.807, 2.05) is 0 Å². The van der Waals surface area contributed by atoms with E-state index in [4.69, 9.17) is 10.5 Å². The Morgan fingerprint density at radius 3 is 2.48 bits per heavy atom. The maximum Gasteiger partial charge on any atom is 0.312 e. The molecule has 2 amide bonds. The van der Waals surface area contributed by atoms with Crippen molar-refractivity contribution in [3.63, 3.8) is 0 Å². The smallest absolute Gasteiger partial charge is 0.312 e. The van der Waals surface area contributed by atoms with Crippen molar-refractivity contribution in [3.05, 3.63) is 29.8 Å². The Kier molecular flexibility index (Phi) is 4.26. The second-order valence-electron chi connectivity index (χ2n) is 5.06. The van der Waals surface area contributed by atoms with Gasteiger partial charge in [-0.25, -0.2) is 0 Å². The molecular formula is C15H18N2O4. The number of carbonyl (C=O) groups excluding carboxylic acids is 3. The van der Waals surface area contributed by atoms with E-state index in [9.17, 15) is 14.4 Å². The normalized spacial score (nSPS) is 19.4. The number of hydrogen-bond donors (Lipinski definition) is 1. The Morgan fingerprint density at radius 2 is 1.95 bits per heavy atom. The van der Waals surface area contributed by atoms with Crippen LogP contribution in [0.1, 0.15) is 31.2 Å². The first-order valence-corrected chi connectivity index (χ1v) is 6.75. The van der Waals surface area contributed by atoms with E-state index < -0.39 is 11.9 Å². The Bertz CT molecular complexity index is 568. The van der Waals surface area contributed by atoms with Crippen LogP contribution in [0.25, 0.3) is 0 Å². The van der Waals surface area contributed by atoms with Gasteiger partial charge in [-0.2, -0.15) is 0 Å². The van der Waals surface area contributed by atoms with Crippen LogP contribution in [0.4, 0.5) is 5.69 Å². The number of benzene rings is 1. The number of carbonyl (C=O) groups is 3. The summed E-state index contributed by atoms with van der Waals surface area (Å²) in [6.45, 7) is 1.74. The van der Waals surface area contributed by atoms with Crippen LogP contribution in [0.15, 0.2) is 24.3 Å². The summed E-state index contributed by atoms with van der Waals surface area (Å²) in [5.74, 6) is -1.33. The molecule has 1 heterocycles. The summed E-state index contributed by atoms with van der Waals surface area (Å²) in [7, 11) is 1.34. The minimum Gasteiger partial charge on any atom is -0.469 e. The molecule has 1 aromatic rings. The first kappa shape index (κ1) is 15.0. The van der Waals surface area contributed by atoms with Crippen LogP contribution in [0.3, 0.4) is 0 Å². The van der Waals surface area contributed by atoms with Crippen molar-refractivity contribution in [2.24, 2.45) is 5.73 Å². The maximum absolute atomic E-state index is 11.9. The van der Waals surface area contributed by atoms with Gasteiger partial charge >= 0.3 is 5.97 Å². The first-order valence-electron chi connectivity index (χ1n) is 6.75. The van der Waals surface area contributed by atoms with Crippen LogP contribution in [0, 0.1) is 0 Å². The maximum atomic E-state index is 11.9. The third-order valence-corrected chi connectivity index (χ3v) is 3.77. The number of esters is 1. The van der Waals surface area contributed by atoms with Crippen molar-refractivity contribution in [2.45, 2.75) is 31.7 Å². The summed E-state index contributed by atoms with van der Waals surface area (Å²) in [4.78, 5) is 36.2. The van der Waals surface area contributed by atoms with Gasteiger partial charge in [0.1, 0.15) is 6.04 Å². The zero-order chi connectivity index (χ0) is 15.6. The molecule has 0 saturated carbocycles. The standard InChI is InChI=1S/C15H18N2O4/c1-9(15(20)21-2)10-3-5-11(6-4-10)17-12(14(16)19)7-8-13(17)18/h3-6,9,12H,7-8H2,1-2H3,(H2,16,19). The van der Waals surface area contributed by atoms with Gasteiger partial charge in [-0.1, -0.05) is 12.1 Å². The second kappa shape index (κ2) is 5.95. The van der Waals surface area contributed by atoms with E-state index in [1.165, 1.54) is 12.0 Å². The third kappa shape index (κ3) is 2.89. The summed E-state index contributed by atoms with van der Waals surface area (Å²) in [5, 5.41) is 0. The van der Waals surface area contributed by atoms with Crippen LogP contribution in [0.5, 0.6) is 0 Å². The molecule has 2 rings (SSSR count). The fraction of sp³-hybridized carbons (Fsp3) is 0.400. The summed E-state index contributed by atoms with van der Waals surface area (Å²) < 4.78 is 4.70. The molecule has 2 unspecified atom stereocenters. The second-order valence-corrected chi connectivity index (χ2v) is 5.06. The number of amides is 2. The van der Waals surface area contributed by atoms with Gasteiger partial charge in [-0.3, -0.25) is 19.3 Å². The predicted molar refractivity (Wildman–Crippen MR) is 76.6 cm³/mol. The highest BCUT2D eigenvalue weighted by Crippen LogP contribution is 2.28. The first-order chi connectivity index (χ1) is 9.95. The number of hydrogen-bond acceptors (Lipinski definition) is 4. The topological polar surface area (TPSA) is 89.7 Å². The molecule has 112 valence electrons. The molecule has 0 spiro atoms.